The largest absolute Gasteiger partial charge is 0.349 e. The minimum absolute atomic E-state index is 0.0202. The Balaban J connectivity index is 2.08. The first-order chi connectivity index (χ1) is 13.8. The van der Waals surface area contributed by atoms with E-state index in [-0.39, 0.29) is 23.4 Å². The Bertz CT molecular complexity index is 878. The van der Waals surface area contributed by atoms with E-state index in [9.17, 15) is 14.4 Å². The molecule has 0 radical (unpaired) electrons. The summed E-state index contributed by atoms with van der Waals surface area (Å²) in [6.07, 6.45) is 0.204. The summed E-state index contributed by atoms with van der Waals surface area (Å²) in [4.78, 5) is 40.3. The third-order valence-corrected chi connectivity index (χ3v) is 5.66. The Kier molecular flexibility index (Phi) is 6.42. The molecule has 0 spiro atoms. The van der Waals surface area contributed by atoms with E-state index in [0.717, 1.165) is 5.56 Å². The van der Waals surface area contributed by atoms with Crippen molar-refractivity contribution in [3.05, 3.63) is 66.2 Å². The number of para-hydroxylation sites is 1. The van der Waals surface area contributed by atoms with Crippen molar-refractivity contribution in [3.63, 3.8) is 0 Å². The topological polar surface area (TPSA) is 66.5 Å². The second-order valence-corrected chi connectivity index (χ2v) is 9.26. The molecule has 1 aliphatic heterocycles. The Labute approximate surface area is 175 Å². The van der Waals surface area contributed by atoms with E-state index in [2.05, 4.69) is 5.32 Å². The molecular formula is C23H26N2O3S. The lowest BCUT2D eigenvalue weighted by Gasteiger charge is -2.35. The number of nitrogens with one attached hydrogen (secondary N) is 1. The van der Waals surface area contributed by atoms with Gasteiger partial charge in [-0.3, -0.25) is 19.3 Å². The summed E-state index contributed by atoms with van der Waals surface area (Å²) >= 11 is 1.19. The maximum absolute atomic E-state index is 13.6. The molecule has 5 nitrogen and oxygen atoms in total. The predicted octanol–water partition coefficient (Wildman–Crippen LogP) is 3.96. The summed E-state index contributed by atoms with van der Waals surface area (Å²) in [5.41, 5.74) is 0.914. The molecule has 152 valence electrons. The molecule has 2 amide bonds. The molecule has 1 saturated heterocycles. The number of rotatable bonds is 5. The molecule has 0 saturated carbocycles. The normalized spacial score (nSPS) is 17.6. The molecule has 2 aromatic carbocycles. The van der Waals surface area contributed by atoms with Crippen molar-refractivity contribution >= 4 is 34.4 Å². The first kappa shape index (κ1) is 21.1. The molecule has 2 atom stereocenters. The number of carbonyl (C=O) groups excluding carboxylic acids is 3. The molecule has 1 aliphatic rings. The summed E-state index contributed by atoms with van der Waals surface area (Å²) < 4.78 is 0. The van der Waals surface area contributed by atoms with Gasteiger partial charge in [0.2, 0.25) is 11.8 Å². The standard InChI is InChI=1S/C23H26N2O3S/c1-23(2,3)24-21(27)20(16-10-6-4-7-11-16)25(18-12-8-5-9-13-18)22(28)17-14-19(26)29-15-17/h4-13,17,20H,14-15H2,1-3H3,(H,24,27)/t17-,20+/m1/s1. The van der Waals surface area contributed by atoms with Crippen LogP contribution < -0.4 is 10.2 Å². The van der Waals surface area contributed by atoms with E-state index in [1.165, 1.54) is 11.8 Å². The summed E-state index contributed by atoms with van der Waals surface area (Å²) in [5.74, 6) is -0.435. The highest BCUT2D eigenvalue weighted by Gasteiger charge is 2.39. The second kappa shape index (κ2) is 8.82. The summed E-state index contributed by atoms with van der Waals surface area (Å²) in [6, 6.07) is 17.7. The second-order valence-electron chi connectivity index (χ2n) is 8.18. The van der Waals surface area contributed by atoms with Gasteiger partial charge in [0.25, 0.3) is 0 Å². The molecule has 0 unspecified atom stereocenters. The number of benzene rings is 2. The molecule has 0 bridgehead atoms. The van der Waals surface area contributed by atoms with Gasteiger partial charge < -0.3 is 5.32 Å². The number of thioether (sulfide) groups is 1. The van der Waals surface area contributed by atoms with Crippen LogP contribution in [0.25, 0.3) is 0 Å². The molecular weight excluding hydrogens is 384 g/mol. The number of amides is 2. The zero-order valence-corrected chi connectivity index (χ0v) is 17.7. The molecule has 0 aromatic heterocycles. The van der Waals surface area contributed by atoms with Gasteiger partial charge in [-0.2, -0.15) is 0 Å². The van der Waals surface area contributed by atoms with Gasteiger partial charge in [-0.1, -0.05) is 60.3 Å². The van der Waals surface area contributed by atoms with E-state index in [1.54, 1.807) is 4.90 Å². The van der Waals surface area contributed by atoms with Gasteiger partial charge in [-0.25, -0.2) is 0 Å². The fourth-order valence-electron chi connectivity index (χ4n) is 3.35. The number of nitrogens with zero attached hydrogens (tertiary/aromatic N) is 1. The highest BCUT2D eigenvalue weighted by Crippen LogP contribution is 2.34. The minimum atomic E-state index is -0.828. The zero-order chi connectivity index (χ0) is 21.0. The quantitative estimate of drug-likeness (QED) is 0.810. The third-order valence-electron chi connectivity index (χ3n) is 4.60. The van der Waals surface area contributed by atoms with E-state index < -0.39 is 17.5 Å². The summed E-state index contributed by atoms with van der Waals surface area (Å²) in [6.45, 7) is 5.73. The van der Waals surface area contributed by atoms with Gasteiger partial charge in [-0.05, 0) is 38.5 Å². The van der Waals surface area contributed by atoms with Crippen molar-refractivity contribution in [1.82, 2.24) is 5.32 Å². The fourth-order valence-corrected chi connectivity index (χ4v) is 4.32. The van der Waals surface area contributed by atoms with Gasteiger partial charge >= 0.3 is 0 Å². The lowest BCUT2D eigenvalue weighted by molar-refractivity contribution is -0.129. The molecule has 2 aromatic rings. The number of anilines is 1. The smallest absolute Gasteiger partial charge is 0.248 e. The number of carbonyl (C=O) groups is 3. The van der Waals surface area contributed by atoms with Crippen molar-refractivity contribution < 1.29 is 14.4 Å². The highest BCUT2D eigenvalue weighted by atomic mass is 32.2. The van der Waals surface area contributed by atoms with Crippen molar-refractivity contribution in [2.75, 3.05) is 10.7 Å². The van der Waals surface area contributed by atoms with E-state index in [0.29, 0.717) is 11.4 Å². The van der Waals surface area contributed by atoms with Crippen LogP contribution in [-0.2, 0) is 14.4 Å². The summed E-state index contributed by atoms with van der Waals surface area (Å²) in [7, 11) is 0. The van der Waals surface area contributed by atoms with Gasteiger partial charge in [-0.15, -0.1) is 0 Å². The van der Waals surface area contributed by atoms with Crippen LogP contribution in [0, 0.1) is 5.92 Å². The van der Waals surface area contributed by atoms with E-state index in [1.807, 2.05) is 81.4 Å². The maximum atomic E-state index is 13.6. The van der Waals surface area contributed by atoms with Crippen LogP contribution in [0.4, 0.5) is 5.69 Å². The van der Waals surface area contributed by atoms with E-state index >= 15 is 0 Å². The molecule has 0 aliphatic carbocycles. The first-order valence-electron chi connectivity index (χ1n) is 9.67. The zero-order valence-electron chi connectivity index (χ0n) is 16.9. The van der Waals surface area contributed by atoms with Crippen LogP contribution >= 0.6 is 11.8 Å². The van der Waals surface area contributed by atoms with Crippen LogP contribution in [0.1, 0.15) is 38.8 Å². The van der Waals surface area contributed by atoms with Crippen LogP contribution in [0.5, 0.6) is 0 Å². The monoisotopic (exact) mass is 410 g/mol. The maximum Gasteiger partial charge on any atom is 0.248 e. The molecule has 6 heteroatoms. The van der Waals surface area contributed by atoms with Crippen LogP contribution in [0.15, 0.2) is 60.7 Å². The number of hydrogen-bond donors (Lipinski definition) is 1. The van der Waals surface area contributed by atoms with Crippen LogP contribution in [0.3, 0.4) is 0 Å². The molecule has 29 heavy (non-hydrogen) atoms. The lowest BCUT2D eigenvalue weighted by atomic mass is 9.98. The SMILES string of the molecule is CC(C)(C)NC(=O)[C@H](c1ccccc1)N(C(=O)[C@H]1CSC(=O)C1)c1ccccc1. The Morgan fingerprint density at radius 2 is 1.62 bits per heavy atom. The van der Waals surface area contributed by atoms with E-state index in [4.69, 9.17) is 0 Å². The average Bonchev–Trinajstić information content (AvgIpc) is 3.12. The first-order valence-corrected chi connectivity index (χ1v) is 10.7. The lowest BCUT2D eigenvalue weighted by Crippen LogP contribution is -2.50. The molecule has 1 N–H and O–H groups in total. The average molecular weight is 411 g/mol. The third kappa shape index (κ3) is 5.26. The van der Waals surface area contributed by atoms with Crippen molar-refractivity contribution in [3.8, 4) is 0 Å². The number of hydrogen-bond acceptors (Lipinski definition) is 4. The molecule has 3 rings (SSSR count). The van der Waals surface area contributed by atoms with Gasteiger partial charge in [0, 0.05) is 23.4 Å². The highest BCUT2D eigenvalue weighted by molar-refractivity contribution is 8.14. The Hall–Kier alpha value is -2.60. The van der Waals surface area contributed by atoms with Gasteiger partial charge in [0.15, 0.2) is 5.12 Å². The van der Waals surface area contributed by atoms with Crippen molar-refractivity contribution in [2.24, 2.45) is 5.92 Å². The van der Waals surface area contributed by atoms with Crippen molar-refractivity contribution in [2.45, 2.75) is 38.8 Å². The van der Waals surface area contributed by atoms with Gasteiger partial charge in [0.05, 0.1) is 5.92 Å². The minimum Gasteiger partial charge on any atom is -0.349 e. The Morgan fingerprint density at radius 1 is 1.03 bits per heavy atom. The van der Waals surface area contributed by atoms with Gasteiger partial charge in [0.1, 0.15) is 6.04 Å². The molecule has 1 heterocycles. The summed E-state index contributed by atoms with van der Waals surface area (Å²) in [5, 5.41) is 3.04. The fraction of sp³-hybridized carbons (Fsp3) is 0.348. The predicted molar refractivity (Wildman–Crippen MR) is 117 cm³/mol. The van der Waals surface area contributed by atoms with Crippen LogP contribution in [0.2, 0.25) is 0 Å². The molecule has 1 fully saturated rings. The van der Waals surface area contributed by atoms with Crippen molar-refractivity contribution in [1.29, 1.82) is 0 Å². The van der Waals surface area contributed by atoms with Crippen LogP contribution in [-0.4, -0.2) is 28.2 Å². The Morgan fingerprint density at radius 3 is 2.14 bits per heavy atom.